The number of hydrogen-bond acceptors (Lipinski definition) is 6. The molecule has 0 unspecified atom stereocenters. The zero-order valence-electron chi connectivity index (χ0n) is 13.5. The smallest absolute Gasteiger partial charge is 0.254 e. The van der Waals surface area contributed by atoms with E-state index >= 15 is 0 Å². The van der Waals surface area contributed by atoms with Crippen LogP contribution in [0, 0.1) is 0 Å². The molecule has 0 atom stereocenters. The Hall–Kier alpha value is -2.83. The predicted molar refractivity (Wildman–Crippen MR) is 89.5 cm³/mol. The molecule has 0 aliphatic heterocycles. The molecular formula is C17H20N4O3. The van der Waals surface area contributed by atoms with Crippen LogP contribution >= 0.6 is 0 Å². The fourth-order valence-corrected chi connectivity index (χ4v) is 2.04. The van der Waals surface area contributed by atoms with E-state index in [0.29, 0.717) is 30.7 Å². The van der Waals surface area contributed by atoms with Crippen LogP contribution in [0.15, 0.2) is 36.7 Å². The Bertz CT molecular complexity index is 669. The lowest BCUT2D eigenvalue weighted by Crippen LogP contribution is -2.28. The van der Waals surface area contributed by atoms with Gasteiger partial charge in [-0.3, -0.25) is 4.79 Å². The first-order valence-corrected chi connectivity index (χ1v) is 7.88. The van der Waals surface area contributed by atoms with Crippen molar-refractivity contribution in [1.82, 2.24) is 15.3 Å². The number of anilines is 1. The minimum absolute atomic E-state index is 0.216. The minimum atomic E-state index is -0.216. The summed E-state index contributed by atoms with van der Waals surface area (Å²) in [5.74, 6) is 1.85. The Morgan fingerprint density at radius 3 is 2.46 bits per heavy atom. The van der Waals surface area contributed by atoms with Crippen molar-refractivity contribution in [3.63, 3.8) is 0 Å². The summed E-state index contributed by atoms with van der Waals surface area (Å²) in [5, 5.41) is 5.95. The summed E-state index contributed by atoms with van der Waals surface area (Å²) in [7, 11) is 1.61. The van der Waals surface area contributed by atoms with Gasteiger partial charge < -0.3 is 20.1 Å². The van der Waals surface area contributed by atoms with E-state index in [1.807, 2.05) is 24.3 Å². The highest BCUT2D eigenvalue weighted by molar-refractivity contribution is 5.93. The summed E-state index contributed by atoms with van der Waals surface area (Å²) >= 11 is 0. The van der Waals surface area contributed by atoms with Crippen LogP contribution in [-0.4, -0.2) is 42.2 Å². The summed E-state index contributed by atoms with van der Waals surface area (Å²) in [6.45, 7) is 0.771. The molecule has 3 rings (SSSR count). The number of methoxy groups -OCH3 is 1. The zero-order chi connectivity index (χ0) is 16.8. The van der Waals surface area contributed by atoms with Gasteiger partial charge in [0.15, 0.2) is 0 Å². The quantitative estimate of drug-likeness (QED) is 0.720. The number of nitrogens with one attached hydrogen (secondary N) is 2. The van der Waals surface area contributed by atoms with Crippen LogP contribution in [0.1, 0.15) is 23.2 Å². The molecule has 2 aromatic rings. The third-order valence-electron chi connectivity index (χ3n) is 3.54. The fraction of sp³-hybridized carbons (Fsp3) is 0.353. The van der Waals surface area contributed by atoms with E-state index in [9.17, 15) is 4.79 Å². The highest BCUT2D eigenvalue weighted by Gasteiger charge is 2.21. The van der Waals surface area contributed by atoms with Crippen molar-refractivity contribution in [1.29, 1.82) is 0 Å². The normalized spacial score (nSPS) is 13.2. The van der Waals surface area contributed by atoms with Crippen molar-refractivity contribution in [2.45, 2.75) is 18.9 Å². The van der Waals surface area contributed by atoms with Gasteiger partial charge >= 0.3 is 0 Å². The van der Waals surface area contributed by atoms with E-state index in [0.717, 1.165) is 24.3 Å². The lowest BCUT2D eigenvalue weighted by atomic mass is 10.3. The maximum atomic E-state index is 12.0. The monoisotopic (exact) mass is 328 g/mol. The Morgan fingerprint density at radius 1 is 1.17 bits per heavy atom. The van der Waals surface area contributed by atoms with Crippen LogP contribution < -0.4 is 20.1 Å². The summed E-state index contributed by atoms with van der Waals surface area (Å²) in [5.41, 5.74) is 0.431. The van der Waals surface area contributed by atoms with Gasteiger partial charge in [0.1, 0.15) is 18.1 Å². The molecule has 1 amide bonds. The maximum absolute atomic E-state index is 12.0. The second-order valence-corrected chi connectivity index (χ2v) is 5.49. The number of carbonyl (C=O) groups excluding carboxylic acids is 1. The van der Waals surface area contributed by atoms with Crippen LogP contribution in [0.4, 0.5) is 5.95 Å². The summed E-state index contributed by atoms with van der Waals surface area (Å²) < 4.78 is 10.6. The first-order chi connectivity index (χ1) is 11.7. The van der Waals surface area contributed by atoms with Crippen LogP contribution in [-0.2, 0) is 0 Å². The number of carbonyl (C=O) groups is 1. The molecule has 0 spiro atoms. The Balaban J connectivity index is 1.39. The molecule has 7 heteroatoms. The number of rotatable bonds is 8. The van der Waals surface area contributed by atoms with Gasteiger partial charge in [-0.15, -0.1) is 0 Å². The molecule has 1 heterocycles. The average Bonchev–Trinajstić information content (AvgIpc) is 3.44. The predicted octanol–water partition coefficient (Wildman–Crippen LogP) is 1.87. The van der Waals surface area contributed by atoms with Gasteiger partial charge in [-0.05, 0) is 37.1 Å². The molecule has 1 saturated carbocycles. The number of hydrogen-bond donors (Lipinski definition) is 2. The summed E-state index contributed by atoms with van der Waals surface area (Å²) in [6.07, 6.45) is 5.36. The lowest BCUT2D eigenvalue weighted by Gasteiger charge is -2.08. The third-order valence-corrected chi connectivity index (χ3v) is 3.54. The van der Waals surface area contributed by atoms with Gasteiger partial charge in [0.25, 0.3) is 5.91 Å². The standard InChI is InChI=1S/C17H20N4O3/c1-23-14-4-6-15(7-5-14)24-9-8-18-16(22)12-10-19-17(20-11-12)21-13-2-3-13/h4-7,10-11,13H,2-3,8-9H2,1H3,(H,18,22)(H,19,20,21). The van der Waals surface area contributed by atoms with Gasteiger partial charge in [-0.25, -0.2) is 9.97 Å². The number of aromatic nitrogens is 2. The SMILES string of the molecule is COc1ccc(OCCNC(=O)c2cnc(NC3CC3)nc2)cc1. The first kappa shape index (κ1) is 16.0. The maximum Gasteiger partial charge on any atom is 0.254 e. The Kier molecular flexibility index (Phi) is 5.10. The highest BCUT2D eigenvalue weighted by Crippen LogP contribution is 2.22. The minimum Gasteiger partial charge on any atom is -0.497 e. The molecule has 0 bridgehead atoms. The molecule has 0 saturated heterocycles. The topological polar surface area (TPSA) is 85.4 Å². The largest absolute Gasteiger partial charge is 0.497 e. The molecule has 24 heavy (non-hydrogen) atoms. The molecule has 7 nitrogen and oxygen atoms in total. The van der Waals surface area contributed by atoms with Crippen LogP contribution in [0.3, 0.4) is 0 Å². The zero-order valence-corrected chi connectivity index (χ0v) is 13.5. The van der Waals surface area contributed by atoms with Crippen molar-refractivity contribution in [3.8, 4) is 11.5 Å². The molecular weight excluding hydrogens is 308 g/mol. The number of ether oxygens (including phenoxy) is 2. The van der Waals surface area contributed by atoms with E-state index in [1.54, 1.807) is 7.11 Å². The summed E-state index contributed by atoms with van der Waals surface area (Å²) in [4.78, 5) is 20.3. The Labute approximate surface area is 140 Å². The fourth-order valence-electron chi connectivity index (χ4n) is 2.04. The van der Waals surface area contributed by atoms with Crippen LogP contribution in [0.5, 0.6) is 11.5 Å². The van der Waals surface area contributed by atoms with E-state index in [1.165, 1.54) is 12.4 Å². The number of nitrogens with zero attached hydrogens (tertiary/aromatic N) is 2. The van der Waals surface area contributed by atoms with Crippen LogP contribution in [0.25, 0.3) is 0 Å². The third kappa shape index (κ3) is 4.58. The number of amides is 1. The van der Waals surface area contributed by atoms with E-state index in [4.69, 9.17) is 9.47 Å². The molecule has 2 N–H and O–H groups in total. The molecule has 1 aromatic heterocycles. The van der Waals surface area contributed by atoms with Gasteiger partial charge in [-0.1, -0.05) is 0 Å². The van der Waals surface area contributed by atoms with Gasteiger partial charge in [-0.2, -0.15) is 0 Å². The van der Waals surface area contributed by atoms with Gasteiger partial charge in [0.05, 0.1) is 19.2 Å². The molecule has 126 valence electrons. The second-order valence-electron chi connectivity index (χ2n) is 5.49. The van der Waals surface area contributed by atoms with Crippen molar-refractivity contribution < 1.29 is 14.3 Å². The van der Waals surface area contributed by atoms with E-state index < -0.39 is 0 Å². The lowest BCUT2D eigenvalue weighted by molar-refractivity contribution is 0.0946. The highest BCUT2D eigenvalue weighted by atomic mass is 16.5. The Morgan fingerprint density at radius 2 is 1.83 bits per heavy atom. The van der Waals surface area contributed by atoms with Gasteiger partial charge in [0, 0.05) is 18.4 Å². The van der Waals surface area contributed by atoms with E-state index in [2.05, 4.69) is 20.6 Å². The average molecular weight is 328 g/mol. The molecule has 1 aromatic carbocycles. The van der Waals surface area contributed by atoms with E-state index in [-0.39, 0.29) is 5.91 Å². The van der Waals surface area contributed by atoms with Crippen molar-refractivity contribution in [3.05, 3.63) is 42.2 Å². The van der Waals surface area contributed by atoms with Crippen molar-refractivity contribution in [2.75, 3.05) is 25.6 Å². The first-order valence-electron chi connectivity index (χ1n) is 7.88. The second kappa shape index (κ2) is 7.63. The van der Waals surface area contributed by atoms with Crippen molar-refractivity contribution >= 4 is 11.9 Å². The summed E-state index contributed by atoms with van der Waals surface area (Å²) in [6, 6.07) is 7.77. The van der Waals surface area contributed by atoms with Crippen LogP contribution in [0.2, 0.25) is 0 Å². The van der Waals surface area contributed by atoms with Crippen molar-refractivity contribution in [2.24, 2.45) is 0 Å². The molecule has 1 aliphatic rings. The molecule has 0 radical (unpaired) electrons. The van der Waals surface area contributed by atoms with Gasteiger partial charge in [0.2, 0.25) is 5.95 Å². The molecule has 1 aliphatic carbocycles. The number of benzene rings is 1. The molecule has 1 fully saturated rings.